The monoisotopic (exact) mass is 357 g/mol. The van der Waals surface area contributed by atoms with Gasteiger partial charge < -0.3 is 0 Å². The summed E-state index contributed by atoms with van der Waals surface area (Å²) in [6, 6.07) is 4.12. The number of halogens is 3. The molecule has 126 valence electrons. The molecule has 1 fully saturated rings. The number of tetrazole rings is 1. The molecule has 2 aromatic rings. The number of nitrogens with zero attached hydrogens (tertiary/aromatic N) is 5. The van der Waals surface area contributed by atoms with E-state index in [0.717, 1.165) is 34.9 Å². The van der Waals surface area contributed by atoms with Crippen LogP contribution in [0.2, 0.25) is 0 Å². The van der Waals surface area contributed by atoms with Crippen LogP contribution in [0.25, 0.3) is 0 Å². The van der Waals surface area contributed by atoms with Crippen molar-refractivity contribution in [3.63, 3.8) is 0 Å². The van der Waals surface area contributed by atoms with Gasteiger partial charge in [0.2, 0.25) is 17.0 Å². The number of carbonyl (C=O) groups is 2. The summed E-state index contributed by atoms with van der Waals surface area (Å²) >= 11 is 0.997. The molecule has 2 heterocycles. The highest BCUT2D eigenvalue weighted by Crippen LogP contribution is 2.35. The van der Waals surface area contributed by atoms with Crippen molar-refractivity contribution in [1.82, 2.24) is 20.2 Å². The summed E-state index contributed by atoms with van der Waals surface area (Å²) in [5.74, 6) is -1.15. The Hall–Kier alpha value is -2.43. The van der Waals surface area contributed by atoms with Crippen molar-refractivity contribution in [1.29, 1.82) is 0 Å². The van der Waals surface area contributed by atoms with E-state index in [1.807, 2.05) is 0 Å². The number of anilines is 1. The van der Waals surface area contributed by atoms with Gasteiger partial charge in [-0.05, 0) is 28.6 Å². The van der Waals surface area contributed by atoms with E-state index in [0.29, 0.717) is 5.16 Å². The molecule has 1 aromatic heterocycles. The van der Waals surface area contributed by atoms with Gasteiger partial charge in [-0.15, -0.1) is 5.10 Å². The zero-order valence-corrected chi connectivity index (χ0v) is 13.0. The maximum absolute atomic E-state index is 12.8. The molecule has 0 N–H and O–H groups in total. The number of alkyl halides is 3. The molecule has 0 radical (unpaired) electrons. The van der Waals surface area contributed by atoms with Crippen LogP contribution >= 0.6 is 11.8 Å². The first-order valence-corrected chi connectivity index (χ1v) is 7.58. The minimum absolute atomic E-state index is 0.0981. The average Bonchev–Trinajstić information content (AvgIpc) is 3.03. The van der Waals surface area contributed by atoms with Crippen molar-refractivity contribution in [3.8, 4) is 0 Å². The van der Waals surface area contributed by atoms with Crippen molar-refractivity contribution in [2.24, 2.45) is 7.05 Å². The van der Waals surface area contributed by atoms with E-state index in [1.165, 1.54) is 10.7 Å². The fourth-order valence-corrected chi connectivity index (χ4v) is 3.20. The smallest absolute Gasteiger partial charge is 0.274 e. The van der Waals surface area contributed by atoms with Gasteiger partial charge in [0.25, 0.3) is 0 Å². The van der Waals surface area contributed by atoms with Crippen LogP contribution in [0.5, 0.6) is 0 Å². The van der Waals surface area contributed by atoms with Gasteiger partial charge in [0, 0.05) is 13.5 Å². The fraction of sp³-hybridized carbons (Fsp3) is 0.308. The summed E-state index contributed by atoms with van der Waals surface area (Å²) in [5.41, 5.74) is -1.02. The Morgan fingerprint density at radius 3 is 2.67 bits per heavy atom. The molecule has 1 aromatic carbocycles. The van der Waals surface area contributed by atoms with E-state index in [2.05, 4.69) is 15.5 Å². The first kappa shape index (κ1) is 16.4. The molecule has 2 amide bonds. The normalized spacial score (nSPS) is 18.5. The molecule has 0 aliphatic carbocycles. The number of rotatable bonds is 3. The molecule has 1 unspecified atom stereocenters. The molecule has 1 saturated heterocycles. The molecular weight excluding hydrogens is 347 g/mol. The summed E-state index contributed by atoms with van der Waals surface area (Å²) in [6.07, 6.45) is -4.69. The SMILES string of the molecule is Cn1nnnc1SC1CC(=O)N(c2cccc(C(F)(F)F)c2)C1=O. The van der Waals surface area contributed by atoms with Gasteiger partial charge in [-0.25, -0.2) is 9.58 Å². The quantitative estimate of drug-likeness (QED) is 0.777. The highest BCUT2D eigenvalue weighted by atomic mass is 32.2. The Bertz CT molecular complexity index is 807. The number of aromatic nitrogens is 4. The van der Waals surface area contributed by atoms with Crippen molar-refractivity contribution in [2.75, 3.05) is 4.90 Å². The first-order chi connectivity index (χ1) is 11.3. The fourth-order valence-electron chi connectivity index (χ4n) is 2.24. The van der Waals surface area contributed by atoms with E-state index < -0.39 is 28.8 Å². The van der Waals surface area contributed by atoms with E-state index in [1.54, 1.807) is 7.05 Å². The zero-order valence-electron chi connectivity index (χ0n) is 12.2. The van der Waals surface area contributed by atoms with Crippen molar-refractivity contribution in [3.05, 3.63) is 29.8 Å². The minimum Gasteiger partial charge on any atom is -0.274 e. The second-order valence-electron chi connectivity index (χ2n) is 5.01. The summed E-state index contributed by atoms with van der Waals surface area (Å²) in [6.45, 7) is 0. The number of benzene rings is 1. The molecule has 1 atom stereocenters. The number of carbonyl (C=O) groups excluding carboxylic acids is 2. The predicted octanol–water partition coefficient (Wildman–Crippen LogP) is 1.65. The van der Waals surface area contributed by atoms with Crippen LogP contribution in [0.3, 0.4) is 0 Å². The molecule has 7 nitrogen and oxygen atoms in total. The van der Waals surface area contributed by atoms with Crippen LogP contribution in [0.15, 0.2) is 29.4 Å². The number of thioether (sulfide) groups is 1. The Labute approximate surface area is 137 Å². The predicted molar refractivity (Wildman–Crippen MR) is 77.0 cm³/mol. The van der Waals surface area contributed by atoms with Gasteiger partial charge in [-0.2, -0.15) is 13.2 Å². The minimum atomic E-state index is -4.56. The van der Waals surface area contributed by atoms with E-state index in [-0.39, 0.29) is 12.1 Å². The van der Waals surface area contributed by atoms with E-state index in [4.69, 9.17) is 0 Å². The number of amides is 2. The Kier molecular flexibility index (Phi) is 4.03. The summed E-state index contributed by atoms with van der Waals surface area (Å²) < 4.78 is 39.8. The Balaban J connectivity index is 1.86. The maximum atomic E-state index is 12.8. The van der Waals surface area contributed by atoms with Gasteiger partial charge in [-0.3, -0.25) is 9.59 Å². The third-order valence-electron chi connectivity index (χ3n) is 3.37. The van der Waals surface area contributed by atoms with Gasteiger partial charge >= 0.3 is 6.18 Å². The van der Waals surface area contributed by atoms with Crippen molar-refractivity contribution < 1.29 is 22.8 Å². The van der Waals surface area contributed by atoms with Gasteiger partial charge in [0.1, 0.15) is 5.25 Å². The Morgan fingerprint density at radius 1 is 1.29 bits per heavy atom. The molecule has 0 spiro atoms. The average molecular weight is 357 g/mol. The maximum Gasteiger partial charge on any atom is 0.416 e. The second kappa shape index (κ2) is 5.89. The Morgan fingerprint density at radius 2 is 2.04 bits per heavy atom. The largest absolute Gasteiger partial charge is 0.416 e. The molecule has 0 saturated carbocycles. The molecule has 1 aliphatic heterocycles. The lowest BCUT2D eigenvalue weighted by Gasteiger charge is -2.16. The number of hydrogen-bond acceptors (Lipinski definition) is 6. The standard InChI is InChI=1S/C13H10F3N5O2S/c1-20-12(17-18-19-20)24-9-6-10(22)21(11(9)23)8-4-2-3-7(5-8)13(14,15)16/h2-5,9H,6H2,1H3. The van der Waals surface area contributed by atoms with Gasteiger partial charge in [-0.1, -0.05) is 17.8 Å². The van der Waals surface area contributed by atoms with Crippen molar-refractivity contribution >= 4 is 29.3 Å². The molecular formula is C13H10F3N5O2S. The highest BCUT2D eigenvalue weighted by molar-refractivity contribution is 8.00. The second-order valence-corrected chi connectivity index (χ2v) is 6.18. The number of hydrogen-bond donors (Lipinski definition) is 0. The summed E-state index contributed by atoms with van der Waals surface area (Å²) in [5, 5.41) is 10.3. The van der Waals surface area contributed by atoms with Crippen LogP contribution < -0.4 is 4.90 Å². The van der Waals surface area contributed by atoms with Crippen LogP contribution in [0, 0.1) is 0 Å². The van der Waals surface area contributed by atoms with Gasteiger partial charge in [0.15, 0.2) is 0 Å². The topological polar surface area (TPSA) is 81.0 Å². The lowest BCUT2D eigenvalue weighted by molar-refractivity contribution is -0.137. The van der Waals surface area contributed by atoms with E-state index >= 15 is 0 Å². The lowest BCUT2D eigenvalue weighted by atomic mass is 10.2. The molecule has 0 bridgehead atoms. The van der Waals surface area contributed by atoms with Gasteiger partial charge in [0.05, 0.1) is 11.3 Å². The third-order valence-corrected chi connectivity index (χ3v) is 4.58. The number of imide groups is 1. The number of aryl methyl sites for hydroxylation is 1. The van der Waals surface area contributed by atoms with Crippen LogP contribution in [0.4, 0.5) is 18.9 Å². The van der Waals surface area contributed by atoms with Crippen molar-refractivity contribution in [2.45, 2.75) is 23.0 Å². The van der Waals surface area contributed by atoms with E-state index in [9.17, 15) is 22.8 Å². The van der Waals surface area contributed by atoms with Crippen LogP contribution in [0.1, 0.15) is 12.0 Å². The first-order valence-electron chi connectivity index (χ1n) is 6.70. The summed E-state index contributed by atoms with van der Waals surface area (Å²) in [7, 11) is 1.58. The molecule has 24 heavy (non-hydrogen) atoms. The lowest BCUT2D eigenvalue weighted by Crippen LogP contribution is -2.31. The van der Waals surface area contributed by atoms with Crippen LogP contribution in [-0.4, -0.2) is 37.3 Å². The zero-order chi connectivity index (χ0) is 17.5. The molecule has 3 rings (SSSR count). The molecule has 11 heteroatoms. The summed E-state index contributed by atoms with van der Waals surface area (Å²) in [4.78, 5) is 25.3. The van der Waals surface area contributed by atoms with Crippen LogP contribution in [-0.2, 0) is 22.8 Å². The molecule has 1 aliphatic rings. The highest BCUT2D eigenvalue weighted by Gasteiger charge is 2.41. The third kappa shape index (κ3) is 2.98.